The third-order valence-electron chi connectivity index (χ3n) is 3.65. The van der Waals surface area contributed by atoms with Crippen molar-refractivity contribution in [1.29, 1.82) is 5.26 Å². The van der Waals surface area contributed by atoms with Crippen LogP contribution < -0.4 is 5.32 Å². The van der Waals surface area contributed by atoms with Crippen molar-refractivity contribution in [3.63, 3.8) is 0 Å². The normalized spacial score (nSPS) is 11.2. The van der Waals surface area contributed by atoms with E-state index in [1.807, 2.05) is 6.07 Å². The molecule has 3 aromatic rings. The maximum atomic E-state index is 12.4. The van der Waals surface area contributed by atoms with Gasteiger partial charge in [0.2, 0.25) is 0 Å². The van der Waals surface area contributed by atoms with E-state index < -0.39 is 5.91 Å². The first kappa shape index (κ1) is 20.3. The van der Waals surface area contributed by atoms with Crippen LogP contribution in [0.15, 0.2) is 58.5 Å². The molecule has 1 N–H and O–H groups in total. The number of benzene rings is 2. The summed E-state index contributed by atoms with van der Waals surface area (Å²) >= 11 is 23.9. The topological polar surface area (TPSA) is 66.0 Å². The van der Waals surface area contributed by atoms with Gasteiger partial charge < -0.3 is 9.73 Å². The zero-order valence-corrected chi connectivity index (χ0v) is 17.0. The number of anilines is 1. The zero-order chi connectivity index (χ0) is 20.3. The zero-order valence-electron chi connectivity index (χ0n) is 14.0. The molecule has 1 heterocycles. The van der Waals surface area contributed by atoms with E-state index in [4.69, 9.17) is 50.8 Å². The molecule has 2 aromatic carbocycles. The number of hydrogen-bond acceptors (Lipinski definition) is 3. The molecule has 0 radical (unpaired) electrons. The lowest BCUT2D eigenvalue weighted by Crippen LogP contribution is -2.13. The van der Waals surface area contributed by atoms with Gasteiger partial charge in [0.05, 0.1) is 15.1 Å². The summed E-state index contributed by atoms with van der Waals surface area (Å²) in [6, 6.07) is 14.7. The minimum atomic E-state index is -0.611. The van der Waals surface area contributed by atoms with E-state index in [1.165, 1.54) is 12.1 Å². The van der Waals surface area contributed by atoms with Crippen molar-refractivity contribution >= 4 is 64.1 Å². The highest BCUT2D eigenvalue weighted by atomic mass is 35.5. The summed E-state index contributed by atoms with van der Waals surface area (Å²) < 4.78 is 5.68. The second-order valence-corrected chi connectivity index (χ2v) is 7.24. The molecule has 0 spiro atoms. The quantitative estimate of drug-likeness (QED) is 0.339. The third kappa shape index (κ3) is 4.70. The maximum Gasteiger partial charge on any atom is 0.266 e. The van der Waals surface area contributed by atoms with Gasteiger partial charge in [-0.25, -0.2) is 0 Å². The monoisotopic (exact) mass is 450 g/mol. The van der Waals surface area contributed by atoms with Crippen LogP contribution in [-0.4, -0.2) is 5.91 Å². The molecule has 3 rings (SSSR count). The van der Waals surface area contributed by atoms with Gasteiger partial charge in [0.25, 0.3) is 5.91 Å². The van der Waals surface area contributed by atoms with Crippen LogP contribution in [0.2, 0.25) is 20.1 Å². The maximum absolute atomic E-state index is 12.4. The third-order valence-corrected chi connectivity index (χ3v) is 4.95. The Morgan fingerprint density at radius 2 is 1.71 bits per heavy atom. The summed E-state index contributed by atoms with van der Waals surface area (Å²) in [7, 11) is 0. The molecule has 0 aliphatic carbocycles. The van der Waals surface area contributed by atoms with Crippen molar-refractivity contribution in [2.24, 2.45) is 0 Å². The van der Waals surface area contributed by atoms with Crippen molar-refractivity contribution in [3.05, 3.63) is 80.0 Å². The average Bonchev–Trinajstić information content (AvgIpc) is 3.13. The van der Waals surface area contributed by atoms with E-state index >= 15 is 0 Å². The van der Waals surface area contributed by atoms with Crippen LogP contribution in [0, 0.1) is 11.3 Å². The Hall–Kier alpha value is -2.42. The molecule has 0 atom stereocenters. The first-order valence-electron chi connectivity index (χ1n) is 7.81. The average molecular weight is 452 g/mol. The molecular formula is C20H10Cl4N2O2. The van der Waals surface area contributed by atoms with E-state index in [0.717, 1.165) is 0 Å². The number of nitriles is 1. The van der Waals surface area contributed by atoms with E-state index in [9.17, 15) is 10.1 Å². The van der Waals surface area contributed by atoms with Gasteiger partial charge in [-0.05, 0) is 48.5 Å². The lowest BCUT2D eigenvalue weighted by atomic mass is 10.2. The molecule has 28 heavy (non-hydrogen) atoms. The number of carbonyl (C=O) groups is 1. The minimum absolute atomic E-state index is 0.149. The molecule has 8 heteroatoms. The highest BCUT2D eigenvalue weighted by Crippen LogP contribution is 2.32. The van der Waals surface area contributed by atoms with Crippen LogP contribution in [0.1, 0.15) is 5.76 Å². The Labute approximate surface area is 180 Å². The largest absolute Gasteiger partial charge is 0.457 e. The van der Waals surface area contributed by atoms with Gasteiger partial charge in [-0.15, -0.1) is 0 Å². The van der Waals surface area contributed by atoms with Gasteiger partial charge in [-0.2, -0.15) is 5.26 Å². The lowest BCUT2D eigenvalue weighted by Gasteiger charge is -2.05. The Morgan fingerprint density at radius 1 is 0.964 bits per heavy atom. The van der Waals surface area contributed by atoms with Crippen molar-refractivity contribution in [2.75, 3.05) is 5.32 Å². The SMILES string of the molecule is N#C/C(=C\c1ccc(-c2cc(Cl)ccc2Cl)o1)C(=O)Nc1ccc(Cl)c(Cl)c1. The van der Waals surface area contributed by atoms with Gasteiger partial charge in [-0.1, -0.05) is 46.4 Å². The first-order valence-corrected chi connectivity index (χ1v) is 9.32. The molecule has 140 valence electrons. The number of rotatable bonds is 4. The summed E-state index contributed by atoms with van der Waals surface area (Å²) in [5.74, 6) is 0.160. The number of furan rings is 1. The summed E-state index contributed by atoms with van der Waals surface area (Å²) in [6.07, 6.45) is 1.33. The van der Waals surface area contributed by atoms with Crippen molar-refractivity contribution < 1.29 is 9.21 Å². The molecule has 1 amide bonds. The van der Waals surface area contributed by atoms with Gasteiger partial charge in [0.1, 0.15) is 23.2 Å². The Balaban J connectivity index is 1.84. The van der Waals surface area contributed by atoms with E-state index in [0.29, 0.717) is 37.8 Å². The molecule has 0 saturated heterocycles. The fraction of sp³-hybridized carbons (Fsp3) is 0. The summed E-state index contributed by atoms with van der Waals surface area (Å²) in [4.78, 5) is 12.4. The van der Waals surface area contributed by atoms with Crippen LogP contribution in [0.5, 0.6) is 0 Å². The minimum Gasteiger partial charge on any atom is -0.457 e. The summed E-state index contributed by atoms with van der Waals surface area (Å²) in [5, 5.41) is 13.5. The number of hydrogen-bond donors (Lipinski definition) is 1. The Morgan fingerprint density at radius 3 is 2.43 bits per heavy atom. The van der Waals surface area contributed by atoms with Crippen LogP contribution in [0.4, 0.5) is 5.69 Å². The standard InChI is InChI=1S/C20H10Cl4N2O2/c21-12-1-4-16(22)15(8-12)19-6-3-14(28-19)7-11(10-25)20(27)26-13-2-5-17(23)18(24)9-13/h1-9H,(H,26,27)/b11-7+. The fourth-order valence-electron chi connectivity index (χ4n) is 2.32. The second kappa shape index (κ2) is 8.72. The van der Waals surface area contributed by atoms with Crippen LogP contribution in [0.3, 0.4) is 0 Å². The van der Waals surface area contributed by atoms with E-state index in [1.54, 1.807) is 42.5 Å². The molecule has 4 nitrogen and oxygen atoms in total. The van der Waals surface area contributed by atoms with E-state index in [-0.39, 0.29) is 10.6 Å². The molecule has 0 saturated carbocycles. The number of nitrogens with zero attached hydrogens (tertiary/aromatic N) is 1. The van der Waals surface area contributed by atoms with Crippen LogP contribution in [0.25, 0.3) is 17.4 Å². The summed E-state index contributed by atoms with van der Waals surface area (Å²) in [5.41, 5.74) is 0.864. The highest BCUT2D eigenvalue weighted by Gasteiger charge is 2.13. The second-order valence-electron chi connectivity index (χ2n) is 5.58. The van der Waals surface area contributed by atoms with Gasteiger partial charge in [0.15, 0.2) is 0 Å². The molecule has 0 bridgehead atoms. The summed E-state index contributed by atoms with van der Waals surface area (Å²) in [6.45, 7) is 0. The number of halogens is 4. The highest BCUT2D eigenvalue weighted by molar-refractivity contribution is 6.42. The van der Waals surface area contributed by atoms with Crippen molar-refractivity contribution in [3.8, 4) is 17.4 Å². The molecule has 1 aromatic heterocycles. The lowest BCUT2D eigenvalue weighted by molar-refractivity contribution is -0.112. The number of amides is 1. The van der Waals surface area contributed by atoms with Gasteiger partial charge >= 0.3 is 0 Å². The fourth-order valence-corrected chi connectivity index (χ4v) is 3.01. The number of carbonyl (C=O) groups excluding carboxylic acids is 1. The van der Waals surface area contributed by atoms with Crippen molar-refractivity contribution in [2.45, 2.75) is 0 Å². The molecule has 0 fully saturated rings. The van der Waals surface area contributed by atoms with Crippen LogP contribution >= 0.6 is 46.4 Å². The van der Waals surface area contributed by atoms with E-state index in [2.05, 4.69) is 5.32 Å². The van der Waals surface area contributed by atoms with Gasteiger partial charge in [0, 0.05) is 22.3 Å². The number of nitrogens with one attached hydrogen (secondary N) is 1. The molecule has 0 aliphatic rings. The van der Waals surface area contributed by atoms with Crippen LogP contribution in [-0.2, 0) is 4.79 Å². The van der Waals surface area contributed by atoms with Crippen molar-refractivity contribution in [1.82, 2.24) is 0 Å². The molecular weight excluding hydrogens is 442 g/mol. The Kier molecular flexibility index (Phi) is 6.33. The Bertz CT molecular complexity index is 1130. The predicted molar refractivity (Wildman–Crippen MR) is 113 cm³/mol. The first-order chi connectivity index (χ1) is 13.4. The molecule has 0 unspecified atom stereocenters. The van der Waals surface area contributed by atoms with Gasteiger partial charge in [-0.3, -0.25) is 4.79 Å². The molecule has 0 aliphatic heterocycles. The predicted octanol–water partition coefficient (Wildman–Crippen LogP) is 7.11. The smallest absolute Gasteiger partial charge is 0.266 e.